The molecule has 1 aliphatic heterocycles. The van der Waals surface area contributed by atoms with Crippen molar-refractivity contribution in [3.8, 4) is 0 Å². The third-order valence-electron chi connectivity index (χ3n) is 3.34. The first kappa shape index (κ1) is 11.7. The number of carbonyl (C=O) groups excluding carboxylic acids is 1. The Hall–Kier alpha value is -1.40. The molecule has 2 aromatic heterocycles. The Bertz CT molecular complexity index is 562. The van der Waals surface area contributed by atoms with Gasteiger partial charge in [0.05, 0.1) is 10.6 Å². The molecule has 2 aromatic rings. The van der Waals surface area contributed by atoms with Gasteiger partial charge < -0.3 is 10.6 Å². The summed E-state index contributed by atoms with van der Waals surface area (Å²) in [4.78, 5) is 13.9. The van der Waals surface area contributed by atoms with E-state index in [9.17, 15) is 4.79 Å². The summed E-state index contributed by atoms with van der Waals surface area (Å²) in [5.41, 5.74) is 0.978. The van der Waals surface area contributed by atoms with Gasteiger partial charge in [-0.2, -0.15) is 5.10 Å². The molecule has 1 aliphatic rings. The third kappa shape index (κ3) is 1.91. The van der Waals surface area contributed by atoms with Crippen LogP contribution in [0.25, 0.3) is 10.2 Å². The van der Waals surface area contributed by atoms with Crippen LogP contribution in [0.5, 0.6) is 0 Å². The number of nitrogens with one attached hydrogen (secondary N) is 2. The lowest BCUT2D eigenvalue weighted by molar-refractivity contribution is 0.0946. The molecule has 1 saturated heterocycles. The van der Waals surface area contributed by atoms with E-state index >= 15 is 0 Å². The highest BCUT2D eigenvalue weighted by molar-refractivity contribution is 7.20. The van der Waals surface area contributed by atoms with E-state index in [1.54, 1.807) is 0 Å². The molecule has 1 fully saturated rings. The van der Waals surface area contributed by atoms with Gasteiger partial charge in [0.2, 0.25) is 0 Å². The van der Waals surface area contributed by atoms with Crippen molar-refractivity contribution < 1.29 is 4.79 Å². The van der Waals surface area contributed by atoms with Gasteiger partial charge in [0.25, 0.3) is 5.91 Å². The summed E-state index contributed by atoms with van der Waals surface area (Å²) in [6, 6.07) is 1.94. The molecule has 1 amide bonds. The zero-order chi connectivity index (χ0) is 12.7. The topological polar surface area (TPSA) is 59.0 Å². The monoisotopic (exact) mass is 264 g/mol. The Morgan fingerprint density at radius 1 is 1.67 bits per heavy atom. The normalized spacial score (nSPS) is 15.9. The molecule has 0 bridgehead atoms. The van der Waals surface area contributed by atoms with E-state index in [2.05, 4.69) is 15.7 Å². The quantitative estimate of drug-likeness (QED) is 0.865. The van der Waals surface area contributed by atoms with Gasteiger partial charge in [-0.25, -0.2) is 0 Å². The van der Waals surface area contributed by atoms with Crippen LogP contribution in [0, 0.1) is 12.8 Å². The van der Waals surface area contributed by atoms with Crippen LogP contribution in [0.3, 0.4) is 0 Å². The fourth-order valence-electron chi connectivity index (χ4n) is 2.13. The molecular weight excluding hydrogens is 248 g/mol. The van der Waals surface area contributed by atoms with Crippen LogP contribution in [0.15, 0.2) is 6.07 Å². The molecule has 18 heavy (non-hydrogen) atoms. The van der Waals surface area contributed by atoms with Gasteiger partial charge in [-0.05, 0) is 13.0 Å². The van der Waals surface area contributed by atoms with Crippen molar-refractivity contribution in [1.82, 2.24) is 20.4 Å². The minimum Gasteiger partial charge on any atom is -0.351 e. The minimum atomic E-state index is 0.0301. The van der Waals surface area contributed by atoms with Crippen molar-refractivity contribution in [1.29, 1.82) is 0 Å². The maximum absolute atomic E-state index is 12.0. The smallest absolute Gasteiger partial charge is 0.261 e. The van der Waals surface area contributed by atoms with Gasteiger partial charge in [-0.15, -0.1) is 11.3 Å². The van der Waals surface area contributed by atoms with Crippen molar-refractivity contribution in [3.05, 3.63) is 16.6 Å². The first-order valence-electron chi connectivity index (χ1n) is 6.07. The highest BCUT2D eigenvalue weighted by atomic mass is 32.1. The number of hydrogen-bond donors (Lipinski definition) is 2. The predicted molar refractivity (Wildman–Crippen MR) is 72.0 cm³/mol. The highest BCUT2D eigenvalue weighted by Crippen LogP contribution is 2.27. The Kier molecular flexibility index (Phi) is 2.83. The number of rotatable bonds is 3. The number of aromatic nitrogens is 2. The minimum absolute atomic E-state index is 0.0301. The van der Waals surface area contributed by atoms with Gasteiger partial charge >= 0.3 is 0 Å². The van der Waals surface area contributed by atoms with Gasteiger partial charge in [-0.1, -0.05) is 0 Å². The maximum atomic E-state index is 12.0. The lowest BCUT2D eigenvalue weighted by Gasteiger charge is -2.26. The second kappa shape index (κ2) is 4.37. The van der Waals surface area contributed by atoms with E-state index < -0.39 is 0 Å². The summed E-state index contributed by atoms with van der Waals surface area (Å²) >= 11 is 1.50. The van der Waals surface area contributed by atoms with Crippen molar-refractivity contribution in [2.75, 3.05) is 19.6 Å². The lowest BCUT2D eigenvalue weighted by Crippen LogP contribution is -2.48. The van der Waals surface area contributed by atoms with Gasteiger partial charge in [0.15, 0.2) is 0 Å². The molecule has 0 saturated carbocycles. The van der Waals surface area contributed by atoms with Crippen molar-refractivity contribution in [2.45, 2.75) is 6.92 Å². The van der Waals surface area contributed by atoms with E-state index in [0.29, 0.717) is 5.92 Å². The second-order valence-electron chi connectivity index (χ2n) is 4.77. The van der Waals surface area contributed by atoms with Crippen molar-refractivity contribution >= 4 is 27.5 Å². The fraction of sp³-hybridized carbons (Fsp3) is 0.500. The van der Waals surface area contributed by atoms with Gasteiger partial charge in [-0.3, -0.25) is 9.48 Å². The van der Waals surface area contributed by atoms with Crippen molar-refractivity contribution in [3.63, 3.8) is 0 Å². The summed E-state index contributed by atoms with van der Waals surface area (Å²) in [6.07, 6.45) is 0. The Morgan fingerprint density at radius 3 is 3.06 bits per heavy atom. The van der Waals surface area contributed by atoms with Crippen molar-refractivity contribution in [2.24, 2.45) is 13.0 Å². The summed E-state index contributed by atoms with van der Waals surface area (Å²) in [6.45, 7) is 4.75. The predicted octanol–water partition coefficient (Wildman–Crippen LogP) is 0.892. The second-order valence-corrected chi connectivity index (χ2v) is 5.80. The summed E-state index contributed by atoms with van der Waals surface area (Å²) in [5, 5.41) is 11.6. The Balaban J connectivity index is 1.76. The number of amides is 1. The largest absolute Gasteiger partial charge is 0.351 e. The Labute approximate surface area is 109 Å². The standard InChI is InChI=1S/C12H16N4OS/c1-7-9-3-10(18-12(9)16(2)15-7)11(17)14-6-8-4-13-5-8/h3,8,13H,4-6H2,1-2H3,(H,14,17). The van der Waals surface area contributed by atoms with Crippen LogP contribution in [-0.4, -0.2) is 35.3 Å². The zero-order valence-corrected chi connectivity index (χ0v) is 11.3. The molecule has 0 radical (unpaired) electrons. The van der Waals surface area contributed by atoms with Crippen LogP contribution in [0.2, 0.25) is 0 Å². The molecule has 0 aliphatic carbocycles. The average molecular weight is 264 g/mol. The third-order valence-corrected chi connectivity index (χ3v) is 4.54. The van der Waals surface area contributed by atoms with Crippen LogP contribution in [-0.2, 0) is 7.05 Å². The van der Waals surface area contributed by atoms with Gasteiger partial charge in [0, 0.05) is 38.0 Å². The first-order valence-corrected chi connectivity index (χ1v) is 6.89. The molecular formula is C12H16N4OS. The first-order chi connectivity index (χ1) is 8.65. The molecule has 3 heterocycles. The lowest BCUT2D eigenvalue weighted by atomic mass is 10.0. The van der Waals surface area contributed by atoms with E-state index in [1.165, 1.54) is 11.3 Å². The number of hydrogen-bond acceptors (Lipinski definition) is 4. The maximum Gasteiger partial charge on any atom is 0.261 e. The molecule has 0 atom stereocenters. The van der Waals surface area contributed by atoms with Crippen LogP contribution >= 0.6 is 11.3 Å². The fourth-order valence-corrected chi connectivity index (χ4v) is 3.17. The Morgan fingerprint density at radius 2 is 2.44 bits per heavy atom. The summed E-state index contributed by atoms with van der Waals surface area (Å²) in [5.74, 6) is 0.620. The number of thiophene rings is 1. The number of nitrogens with zero attached hydrogens (tertiary/aromatic N) is 2. The van der Waals surface area contributed by atoms with E-state index in [0.717, 1.165) is 40.4 Å². The van der Waals surface area contributed by atoms with Crippen LogP contribution in [0.1, 0.15) is 15.4 Å². The number of aryl methyl sites for hydroxylation is 2. The van der Waals surface area contributed by atoms with Gasteiger partial charge in [0.1, 0.15) is 4.83 Å². The molecule has 3 rings (SSSR count). The zero-order valence-electron chi connectivity index (χ0n) is 10.5. The van der Waals surface area contributed by atoms with Crippen LogP contribution in [0.4, 0.5) is 0 Å². The number of fused-ring (bicyclic) bond motifs is 1. The molecule has 0 spiro atoms. The van der Waals surface area contributed by atoms with Crippen LogP contribution < -0.4 is 10.6 Å². The molecule has 0 aromatic carbocycles. The molecule has 96 valence electrons. The number of carbonyl (C=O) groups is 1. The SMILES string of the molecule is Cc1nn(C)c2sc(C(=O)NCC3CNC3)cc12. The molecule has 5 nitrogen and oxygen atoms in total. The summed E-state index contributed by atoms with van der Waals surface area (Å²) in [7, 11) is 1.91. The molecule has 6 heteroatoms. The molecule has 0 unspecified atom stereocenters. The van der Waals surface area contributed by atoms with E-state index in [-0.39, 0.29) is 5.91 Å². The van der Waals surface area contributed by atoms with E-state index in [1.807, 2.05) is 24.7 Å². The average Bonchev–Trinajstić information content (AvgIpc) is 2.80. The van der Waals surface area contributed by atoms with E-state index in [4.69, 9.17) is 0 Å². The molecule has 2 N–H and O–H groups in total. The highest BCUT2D eigenvalue weighted by Gasteiger charge is 2.19. The summed E-state index contributed by atoms with van der Waals surface area (Å²) < 4.78 is 1.84.